The minimum absolute atomic E-state index is 0.709. The van der Waals surface area contributed by atoms with Crippen molar-refractivity contribution >= 4 is 28.7 Å². The molecule has 10 heteroatoms. The number of fused-ring (bicyclic) bond motifs is 1. The maximum Gasteiger partial charge on any atom is 0.226 e. The third-order valence-electron chi connectivity index (χ3n) is 5.35. The summed E-state index contributed by atoms with van der Waals surface area (Å²) in [4.78, 5) is 24.6. The molecule has 0 bridgehead atoms. The number of hydrogen-bond donors (Lipinski definition) is 0. The van der Waals surface area contributed by atoms with Crippen LogP contribution in [0.1, 0.15) is 5.69 Å². The van der Waals surface area contributed by atoms with E-state index in [2.05, 4.69) is 35.1 Å². The fourth-order valence-corrected chi connectivity index (χ4v) is 3.76. The molecule has 0 amide bonds. The Balaban J connectivity index is 1.38. The van der Waals surface area contributed by atoms with E-state index in [-0.39, 0.29) is 0 Å². The highest BCUT2D eigenvalue weighted by Crippen LogP contribution is 2.25. The second-order valence-corrected chi connectivity index (χ2v) is 7.74. The van der Waals surface area contributed by atoms with Crippen molar-refractivity contribution in [3.63, 3.8) is 0 Å². The Hall–Kier alpha value is -3.82. The van der Waals surface area contributed by atoms with E-state index in [1.165, 1.54) is 0 Å². The van der Waals surface area contributed by atoms with E-state index in [9.17, 15) is 0 Å². The zero-order valence-electron chi connectivity index (χ0n) is 17.8. The summed E-state index contributed by atoms with van der Waals surface area (Å²) in [5.41, 5.74) is 3.31. The van der Waals surface area contributed by atoms with Gasteiger partial charge in [-0.3, -0.25) is 0 Å². The molecule has 158 valence electrons. The van der Waals surface area contributed by atoms with Gasteiger partial charge in [-0.2, -0.15) is 9.67 Å². The molecule has 1 fully saturated rings. The minimum Gasteiger partial charge on any atom is -0.353 e. The molecule has 5 rings (SSSR count). The van der Waals surface area contributed by atoms with Crippen LogP contribution < -0.4 is 14.7 Å². The normalized spacial score (nSPS) is 14.3. The number of aryl methyl sites for hydroxylation is 1. The van der Waals surface area contributed by atoms with Gasteiger partial charge in [-0.05, 0) is 19.1 Å². The van der Waals surface area contributed by atoms with Crippen LogP contribution in [-0.2, 0) is 0 Å². The summed E-state index contributed by atoms with van der Waals surface area (Å²) < 4.78 is 1.75. The summed E-state index contributed by atoms with van der Waals surface area (Å²) in [6, 6.07) is 11.9. The van der Waals surface area contributed by atoms with Crippen LogP contribution in [0.15, 0.2) is 42.7 Å². The van der Waals surface area contributed by atoms with Gasteiger partial charge >= 0.3 is 0 Å². The average Bonchev–Trinajstić information content (AvgIpc) is 3.24. The van der Waals surface area contributed by atoms with E-state index in [4.69, 9.17) is 4.98 Å². The molecule has 0 unspecified atom stereocenters. The fourth-order valence-electron chi connectivity index (χ4n) is 3.76. The Morgan fingerprint density at radius 3 is 2.39 bits per heavy atom. The van der Waals surface area contributed by atoms with Crippen molar-refractivity contribution in [3.05, 3.63) is 48.4 Å². The monoisotopic (exact) mass is 416 g/mol. The largest absolute Gasteiger partial charge is 0.353 e. The highest BCUT2D eigenvalue weighted by atomic mass is 15.5. The number of nitrogens with zero attached hydrogens (tertiary/aromatic N) is 10. The van der Waals surface area contributed by atoms with Crippen molar-refractivity contribution in [1.82, 2.24) is 34.9 Å². The van der Waals surface area contributed by atoms with E-state index in [1.54, 1.807) is 11.0 Å². The van der Waals surface area contributed by atoms with Gasteiger partial charge in [0.2, 0.25) is 5.95 Å². The highest BCUT2D eigenvalue weighted by molar-refractivity contribution is 5.83. The molecule has 1 aliphatic rings. The smallest absolute Gasteiger partial charge is 0.226 e. The van der Waals surface area contributed by atoms with Crippen LogP contribution in [0.5, 0.6) is 0 Å². The summed E-state index contributed by atoms with van der Waals surface area (Å²) in [7, 11) is 3.92. The van der Waals surface area contributed by atoms with Gasteiger partial charge in [-0.1, -0.05) is 23.4 Å². The van der Waals surface area contributed by atoms with Crippen molar-refractivity contribution in [2.75, 3.05) is 55.0 Å². The van der Waals surface area contributed by atoms with Crippen LogP contribution in [0.2, 0.25) is 0 Å². The third-order valence-corrected chi connectivity index (χ3v) is 5.35. The molecule has 3 aromatic heterocycles. The molecular formula is C21H24N10. The topological polar surface area (TPSA) is 92.0 Å². The van der Waals surface area contributed by atoms with E-state index in [0.717, 1.165) is 55.1 Å². The van der Waals surface area contributed by atoms with Gasteiger partial charge in [-0.25, -0.2) is 15.0 Å². The SMILES string of the molecule is Cc1cc(N2CCN(c3ncnc4c3nnn4-c3ccccc3)CC2)nc(N(C)C)n1. The van der Waals surface area contributed by atoms with E-state index in [0.29, 0.717) is 11.2 Å². The molecule has 0 atom stereocenters. The fraction of sp³-hybridized carbons (Fsp3) is 0.333. The molecule has 4 heterocycles. The molecule has 1 aliphatic heterocycles. The number of benzene rings is 1. The van der Waals surface area contributed by atoms with Crippen molar-refractivity contribution < 1.29 is 0 Å². The molecule has 0 spiro atoms. The molecule has 0 aliphatic carbocycles. The van der Waals surface area contributed by atoms with E-state index in [1.807, 2.05) is 62.3 Å². The number of anilines is 3. The molecule has 1 aromatic carbocycles. The maximum absolute atomic E-state index is 4.71. The minimum atomic E-state index is 0.709. The first-order chi connectivity index (χ1) is 15.1. The second-order valence-electron chi connectivity index (χ2n) is 7.74. The average molecular weight is 416 g/mol. The van der Waals surface area contributed by atoms with Crippen LogP contribution in [0.25, 0.3) is 16.9 Å². The lowest BCUT2D eigenvalue weighted by Gasteiger charge is -2.36. The van der Waals surface area contributed by atoms with E-state index >= 15 is 0 Å². The lowest BCUT2D eigenvalue weighted by Crippen LogP contribution is -2.47. The molecule has 0 radical (unpaired) electrons. The molecule has 10 nitrogen and oxygen atoms in total. The van der Waals surface area contributed by atoms with Crippen molar-refractivity contribution in [2.45, 2.75) is 6.92 Å². The van der Waals surface area contributed by atoms with Crippen LogP contribution in [-0.4, -0.2) is 75.2 Å². The van der Waals surface area contributed by atoms with Crippen molar-refractivity contribution in [3.8, 4) is 5.69 Å². The van der Waals surface area contributed by atoms with Gasteiger partial charge in [0.1, 0.15) is 12.1 Å². The molecule has 1 saturated heterocycles. The summed E-state index contributed by atoms with van der Waals surface area (Å²) in [5.74, 6) is 2.51. The van der Waals surface area contributed by atoms with Crippen LogP contribution in [0.3, 0.4) is 0 Å². The zero-order chi connectivity index (χ0) is 21.4. The van der Waals surface area contributed by atoms with Crippen molar-refractivity contribution in [2.24, 2.45) is 0 Å². The molecular weight excluding hydrogens is 392 g/mol. The Labute approximate surface area is 180 Å². The van der Waals surface area contributed by atoms with Gasteiger partial charge in [-0.15, -0.1) is 5.10 Å². The van der Waals surface area contributed by atoms with Crippen LogP contribution >= 0.6 is 0 Å². The van der Waals surface area contributed by atoms with Gasteiger partial charge in [0.15, 0.2) is 17.0 Å². The van der Waals surface area contributed by atoms with E-state index < -0.39 is 0 Å². The predicted octanol–water partition coefficient (Wildman–Crippen LogP) is 1.70. The van der Waals surface area contributed by atoms with Gasteiger partial charge < -0.3 is 14.7 Å². The number of rotatable bonds is 4. The summed E-state index contributed by atoms with van der Waals surface area (Å²) in [6.07, 6.45) is 1.59. The van der Waals surface area contributed by atoms with Crippen LogP contribution in [0, 0.1) is 6.92 Å². The first-order valence-corrected chi connectivity index (χ1v) is 10.2. The van der Waals surface area contributed by atoms with Gasteiger partial charge in [0, 0.05) is 52.0 Å². The Morgan fingerprint density at radius 1 is 0.903 bits per heavy atom. The first-order valence-electron chi connectivity index (χ1n) is 10.2. The zero-order valence-corrected chi connectivity index (χ0v) is 17.8. The van der Waals surface area contributed by atoms with Gasteiger partial charge in [0.05, 0.1) is 5.69 Å². The molecule has 0 saturated carbocycles. The number of hydrogen-bond acceptors (Lipinski definition) is 9. The quantitative estimate of drug-likeness (QED) is 0.493. The van der Waals surface area contributed by atoms with Crippen molar-refractivity contribution in [1.29, 1.82) is 0 Å². The van der Waals surface area contributed by atoms with Gasteiger partial charge in [0.25, 0.3) is 0 Å². The Morgan fingerprint density at radius 2 is 1.65 bits per heavy atom. The predicted molar refractivity (Wildman–Crippen MR) is 120 cm³/mol. The number of piperazine rings is 1. The molecule has 4 aromatic rings. The maximum atomic E-state index is 4.71. The number of para-hydroxylation sites is 1. The van der Waals surface area contributed by atoms with Crippen LogP contribution in [0.4, 0.5) is 17.6 Å². The number of aromatic nitrogens is 7. The molecule has 31 heavy (non-hydrogen) atoms. The Bertz CT molecular complexity index is 1200. The lowest BCUT2D eigenvalue weighted by molar-refractivity contribution is 0.641. The standard InChI is InChI=1S/C21H24N10/c1-15-13-17(25-21(24-15)28(2)3)29-9-11-30(12-10-29)19-18-20(23-14-22-19)31(27-26-18)16-7-5-4-6-8-16/h4-8,13-14H,9-12H2,1-3H3. The lowest BCUT2D eigenvalue weighted by atomic mass is 10.3. The summed E-state index contributed by atoms with van der Waals surface area (Å²) >= 11 is 0. The highest BCUT2D eigenvalue weighted by Gasteiger charge is 2.23. The second kappa shape index (κ2) is 7.78. The third kappa shape index (κ3) is 3.60. The Kier molecular flexibility index (Phi) is 4.81. The summed E-state index contributed by atoms with van der Waals surface area (Å²) in [6.45, 7) is 5.29. The first kappa shape index (κ1) is 19.2. The molecule has 0 N–H and O–H groups in total. The summed E-state index contributed by atoms with van der Waals surface area (Å²) in [5, 5.41) is 8.72.